The molecule has 138 valence electrons. The molecule has 0 aliphatic carbocycles. The van der Waals surface area contributed by atoms with Crippen molar-refractivity contribution in [3.05, 3.63) is 46.3 Å². The summed E-state index contributed by atoms with van der Waals surface area (Å²) in [6, 6.07) is 9.39. The van der Waals surface area contributed by atoms with Gasteiger partial charge in [0.1, 0.15) is 0 Å². The lowest BCUT2D eigenvalue weighted by molar-refractivity contribution is 0.0342. The van der Waals surface area contributed by atoms with Crippen LogP contribution in [0.15, 0.2) is 30.3 Å². The number of carbonyl (C=O) groups is 2. The van der Waals surface area contributed by atoms with E-state index in [4.69, 9.17) is 16.2 Å². The molecule has 0 atom stereocenters. The van der Waals surface area contributed by atoms with Gasteiger partial charge in [0.2, 0.25) is 5.91 Å². The Morgan fingerprint density at radius 1 is 1.15 bits per heavy atom. The minimum atomic E-state index is -0.636. The number of rotatable bonds is 6. The lowest BCUT2D eigenvalue weighted by Crippen LogP contribution is -2.35. The Morgan fingerprint density at radius 3 is 2.46 bits per heavy atom. The second-order valence-corrected chi connectivity index (χ2v) is 7.25. The number of nitrogens with two attached hydrogens (primary N) is 2. The summed E-state index contributed by atoms with van der Waals surface area (Å²) in [5.41, 5.74) is 13.2. The number of ether oxygens (including phenoxy) is 1. The standard InChI is InChI=1S/C18H22N4O3S/c19-17(23)14-9-15(26-16(14)10-21-18(20)24)13-3-1-12(2-4-13)11-22-5-7-25-8-6-22/h1-4,9H,5-8,10-11H2,(H2,19,23)(H3,20,21,24). The highest BCUT2D eigenvalue weighted by molar-refractivity contribution is 7.15. The summed E-state index contributed by atoms with van der Waals surface area (Å²) in [7, 11) is 0. The predicted molar refractivity (Wildman–Crippen MR) is 101 cm³/mol. The smallest absolute Gasteiger partial charge is 0.312 e. The molecule has 5 N–H and O–H groups in total. The van der Waals surface area contributed by atoms with Crippen molar-refractivity contribution in [3.8, 4) is 10.4 Å². The summed E-state index contributed by atoms with van der Waals surface area (Å²) >= 11 is 1.43. The zero-order chi connectivity index (χ0) is 18.5. The first-order valence-electron chi connectivity index (χ1n) is 8.38. The summed E-state index contributed by atoms with van der Waals surface area (Å²) < 4.78 is 5.37. The summed E-state index contributed by atoms with van der Waals surface area (Å²) in [6.45, 7) is 4.55. The van der Waals surface area contributed by atoms with E-state index in [1.165, 1.54) is 16.9 Å². The van der Waals surface area contributed by atoms with Gasteiger partial charge in [-0.25, -0.2) is 4.79 Å². The molecule has 26 heavy (non-hydrogen) atoms. The number of hydrogen-bond donors (Lipinski definition) is 3. The highest BCUT2D eigenvalue weighted by atomic mass is 32.1. The van der Waals surface area contributed by atoms with Crippen LogP contribution < -0.4 is 16.8 Å². The van der Waals surface area contributed by atoms with E-state index in [-0.39, 0.29) is 6.54 Å². The molecule has 1 aromatic heterocycles. The number of thiophene rings is 1. The molecule has 1 fully saturated rings. The molecule has 1 saturated heterocycles. The van der Waals surface area contributed by atoms with Gasteiger partial charge in [0.15, 0.2) is 0 Å². The Bertz CT molecular complexity index is 782. The van der Waals surface area contributed by atoms with Crippen LogP contribution in [-0.4, -0.2) is 43.1 Å². The number of urea groups is 1. The second-order valence-electron chi connectivity index (χ2n) is 6.12. The third-order valence-corrected chi connectivity index (χ3v) is 5.43. The Kier molecular flexibility index (Phi) is 5.87. The summed E-state index contributed by atoms with van der Waals surface area (Å²) in [5, 5.41) is 2.50. The fraction of sp³-hybridized carbons (Fsp3) is 0.333. The van der Waals surface area contributed by atoms with E-state index in [0.29, 0.717) is 10.4 Å². The zero-order valence-corrected chi connectivity index (χ0v) is 15.2. The summed E-state index contributed by atoms with van der Waals surface area (Å²) in [6.07, 6.45) is 0. The van der Waals surface area contributed by atoms with Gasteiger partial charge in [0.25, 0.3) is 0 Å². The van der Waals surface area contributed by atoms with Gasteiger partial charge in [-0.15, -0.1) is 11.3 Å². The van der Waals surface area contributed by atoms with Crippen molar-refractivity contribution >= 4 is 23.3 Å². The van der Waals surface area contributed by atoms with Crippen LogP contribution in [0.2, 0.25) is 0 Å². The number of carbonyl (C=O) groups excluding carboxylic acids is 2. The number of nitrogens with zero attached hydrogens (tertiary/aromatic N) is 1. The van der Waals surface area contributed by atoms with E-state index >= 15 is 0 Å². The van der Waals surface area contributed by atoms with Crippen LogP contribution in [0.25, 0.3) is 10.4 Å². The number of hydrogen-bond acceptors (Lipinski definition) is 5. The molecule has 0 unspecified atom stereocenters. The molecule has 2 heterocycles. The molecule has 3 rings (SSSR count). The third-order valence-electron chi connectivity index (χ3n) is 4.25. The lowest BCUT2D eigenvalue weighted by Gasteiger charge is -2.26. The topological polar surface area (TPSA) is 111 Å². The van der Waals surface area contributed by atoms with Crippen molar-refractivity contribution < 1.29 is 14.3 Å². The first-order valence-corrected chi connectivity index (χ1v) is 9.20. The molecule has 2 aromatic rings. The molecule has 0 saturated carbocycles. The van der Waals surface area contributed by atoms with E-state index in [1.807, 2.05) is 12.1 Å². The lowest BCUT2D eigenvalue weighted by atomic mass is 10.1. The fourth-order valence-corrected chi connectivity index (χ4v) is 3.98. The molecule has 0 radical (unpaired) electrons. The van der Waals surface area contributed by atoms with Crippen molar-refractivity contribution in [1.82, 2.24) is 10.2 Å². The number of amides is 3. The Morgan fingerprint density at radius 2 is 1.85 bits per heavy atom. The van der Waals surface area contributed by atoms with Gasteiger partial charge in [-0.05, 0) is 17.2 Å². The van der Waals surface area contributed by atoms with Crippen LogP contribution in [0.1, 0.15) is 20.8 Å². The maximum atomic E-state index is 11.7. The van der Waals surface area contributed by atoms with Crippen molar-refractivity contribution in [1.29, 1.82) is 0 Å². The number of nitrogens with one attached hydrogen (secondary N) is 1. The first-order chi connectivity index (χ1) is 12.5. The molecule has 3 amide bonds. The third kappa shape index (κ3) is 4.60. The second kappa shape index (κ2) is 8.31. The van der Waals surface area contributed by atoms with Crippen LogP contribution in [0.3, 0.4) is 0 Å². The minimum absolute atomic E-state index is 0.188. The maximum Gasteiger partial charge on any atom is 0.312 e. The number of benzene rings is 1. The number of primary amides is 2. The molecular weight excluding hydrogens is 352 g/mol. The van der Waals surface area contributed by atoms with E-state index in [0.717, 1.165) is 43.3 Å². The molecule has 0 spiro atoms. The monoisotopic (exact) mass is 374 g/mol. The van der Waals surface area contributed by atoms with Crippen molar-refractivity contribution in [2.75, 3.05) is 26.3 Å². The quantitative estimate of drug-likeness (QED) is 0.712. The molecule has 0 bridgehead atoms. The van der Waals surface area contributed by atoms with Gasteiger partial charge in [-0.1, -0.05) is 24.3 Å². The average Bonchev–Trinajstić information content (AvgIpc) is 3.06. The maximum absolute atomic E-state index is 11.7. The Labute approximate surface area is 155 Å². The summed E-state index contributed by atoms with van der Waals surface area (Å²) in [5.74, 6) is -0.516. The van der Waals surface area contributed by atoms with Gasteiger partial charge in [-0.2, -0.15) is 0 Å². The first kappa shape index (κ1) is 18.4. The van der Waals surface area contributed by atoms with Crippen molar-refractivity contribution in [3.63, 3.8) is 0 Å². The Balaban J connectivity index is 1.74. The zero-order valence-electron chi connectivity index (χ0n) is 14.4. The van der Waals surface area contributed by atoms with Gasteiger partial charge >= 0.3 is 6.03 Å². The van der Waals surface area contributed by atoms with Gasteiger partial charge in [0, 0.05) is 29.4 Å². The molecule has 7 nitrogen and oxygen atoms in total. The normalized spacial score (nSPS) is 14.9. The van der Waals surface area contributed by atoms with E-state index < -0.39 is 11.9 Å². The summed E-state index contributed by atoms with van der Waals surface area (Å²) in [4.78, 5) is 26.6. The highest BCUT2D eigenvalue weighted by Gasteiger charge is 2.15. The SMILES string of the molecule is NC(=O)NCc1sc(-c2ccc(CN3CCOCC3)cc2)cc1C(N)=O. The van der Waals surface area contributed by atoms with Crippen molar-refractivity contribution in [2.24, 2.45) is 11.5 Å². The van der Waals surface area contributed by atoms with Crippen LogP contribution in [0.4, 0.5) is 4.79 Å². The predicted octanol–water partition coefficient (Wildman–Crippen LogP) is 1.51. The fourth-order valence-electron chi connectivity index (χ4n) is 2.87. The van der Waals surface area contributed by atoms with E-state index in [2.05, 4.69) is 22.3 Å². The largest absolute Gasteiger partial charge is 0.379 e. The van der Waals surface area contributed by atoms with E-state index in [9.17, 15) is 9.59 Å². The van der Waals surface area contributed by atoms with Gasteiger partial charge in [0.05, 0.1) is 25.3 Å². The molecule has 1 aromatic carbocycles. The molecule has 1 aliphatic heterocycles. The molecular formula is C18H22N4O3S. The Hall–Kier alpha value is -2.42. The minimum Gasteiger partial charge on any atom is -0.379 e. The van der Waals surface area contributed by atoms with Gasteiger partial charge in [-0.3, -0.25) is 9.69 Å². The van der Waals surface area contributed by atoms with E-state index in [1.54, 1.807) is 6.07 Å². The van der Waals surface area contributed by atoms with Crippen molar-refractivity contribution in [2.45, 2.75) is 13.1 Å². The van der Waals surface area contributed by atoms with Crippen LogP contribution in [0.5, 0.6) is 0 Å². The average molecular weight is 374 g/mol. The number of morpholine rings is 1. The molecule has 8 heteroatoms. The van der Waals surface area contributed by atoms with Crippen LogP contribution >= 0.6 is 11.3 Å². The highest BCUT2D eigenvalue weighted by Crippen LogP contribution is 2.32. The van der Waals surface area contributed by atoms with Gasteiger partial charge < -0.3 is 21.5 Å². The van der Waals surface area contributed by atoms with Crippen LogP contribution in [0, 0.1) is 0 Å². The van der Waals surface area contributed by atoms with Crippen LogP contribution in [-0.2, 0) is 17.8 Å². The molecule has 1 aliphatic rings.